The van der Waals surface area contributed by atoms with Crippen molar-refractivity contribution in [2.24, 2.45) is 0 Å². The van der Waals surface area contributed by atoms with E-state index >= 15 is 0 Å². The van der Waals surface area contributed by atoms with E-state index in [0.29, 0.717) is 13.1 Å². The molecule has 0 aromatic carbocycles. The average molecular weight is 229 g/mol. The van der Waals surface area contributed by atoms with E-state index in [4.69, 9.17) is 0 Å². The molecule has 0 N–H and O–H groups in total. The maximum atomic E-state index is 12.5. The smallest absolute Gasteiger partial charge is 0.449 e. The van der Waals surface area contributed by atoms with Crippen LogP contribution in [0.25, 0.3) is 0 Å². The molecule has 0 unspecified atom stereocenters. The van der Waals surface area contributed by atoms with Crippen molar-refractivity contribution in [1.29, 1.82) is 0 Å². The van der Waals surface area contributed by atoms with Crippen molar-refractivity contribution in [3.8, 4) is 0 Å². The number of rotatable bonds is 2. The lowest BCUT2D eigenvalue weighted by molar-refractivity contribution is 0.396. The van der Waals surface area contributed by atoms with Crippen molar-refractivity contribution in [1.82, 2.24) is 4.98 Å². The highest BCUT2D eigenvalue weighted by Gasteiger charge is 2.36. The van der Waals surface area contributed by atoms with Crippen molar-refractivity contribution >= 4 is 12.8 Å². The number of anilines is 1. The van der Waals surface area contributed by atoms with Gasteiger partial charge in [0.2, 0.25) is 0 Å². The minimum Gasteiger partial charge on any atom is -0.449 e. The van der Waals surface area contributed by atoms with Gasteiger partial charge in [0.15, 0.2) is 0 Å². The van der Waals surface area contributed by atoms with Crippen LogP contribution in [-0.2, 0) is 0 Å². The highest BCUT2D eigenvalue weighted by atomic mass is 19.4. The first-order valence-electron chi connectivity index (χ1n) is 5.43. The molecule has 0 bridgehead atoms. The van der Waals surface area contributed by atoms with E-state index < -0.39 is 12.8 Å². The Balaban J connectivity index is 1.96. The summed E-state index contributed by atoms with van der Waals surface area (Å²) in [5, 5.41) is 0. The number of aromatic nitrogens is 1. The maximum Gasteiger partial charge on any atom is 0.481 e. The molecule has 0 saturated carbocycles. The normalized spacial score (nSPS) is 18.8. The summed E-state index contributed by atoms with van der Waals surface area (Å²) in [4.78, 5) is 6.05. The van der Waals surface area contributed by atoms with E-state index in [2.05, 4.69) is 4.98 Å². The van der Waals surface area contributed by atoms with Crippen molar-refractivity contribution < 1.29 is 12.9 Å². The van der Waals surface area contributed by atoms with Crippen LogP contribution in [0.4, 0.5) is 18.8 Å². The van der Waals surface area contributed by atoms with Crippen molar-refractivity contribution in [3.63, 3.8) is 0 Å². The zero-order chi connectivity index (χ0) is 11.6. The van der Waals surface area contributed by atoms with Crippen LogP contribution in [-0.4, -0.2) is 25.1 Å². The quantitative estimate of drug-likeness (QED) is 0.724. The molecule has 0 aliphatic carbocycles. The van der Waals surface area contributed by atoms with Gasteiger partial charge in [0.25, 0.3) is 0 Å². The van der Waals surface area contributed by atoms with Crippen LogP contribution in [0, 0.1) is 0 Å². The predicted octanol–water partition coefficient (Wildman–Crippen LogP) is 2.90. The lowest BCUT2D eigenvalue weighted by Gasteiger charge is -2.37. The Hall–Kier alpha value is -1.20. The molecule has 1 aromatic heterocycles. The molecule has 1 saturated heterocycles. The summed E-state index contributed by atoms with van der Waals surface area (Å²) < 4.78 is 37.5. The van der Waals surface area contributed by atoms with Crippen molar-refractivity contribution in [2.75, 3.05) is 18.0 Å². The highest BCUT2D eigenvalue weighted by molar-refractivity contribution is 6.60. The second-order valence-electron chi connectivity index (χ2n) is 4.14. The third kappa shape index (κ3) is 2.48. The van der Waals surface area contributed by atoms with Gasteiger partial charge >= 0.3 is 6.98 Å². The van der Waals surface area contributed by atoms with Crippen LogP contribution in [0.2, 0.25) is 5.82 Å². The molecule has 2 rings (SSSR count). The van der Waals surface area contributed by atoms with Crippen molar-refractivity contribution in [2.45, 2.75) is 18.7 Å². The number of pyridine rings is 1. The highest BCUT2D eigenvalue weighted by Crippen LogP contribution is 2.36. The van der Waals surface area contributed by atoms with Crippen LogP contribution in [0.5, 0.6) is 0 Å². The van der Waals surface area contributed by atoms with Crippen molar-refractivity contribution in [3.05, 3.63) is 24.4 Å². The summed E-state index contributed by atoms with van der Waals surface area (Å²) in [5.74, 6) is -0.310. The Morgan fingerprint density at radius 1 is 1.19 bits per heavy atom. The molecular weight excluding hydrogens is 216 g/mol. The molecular formula is C10H13BF3N2-. The summed E-state index contributed by atoms with van der Waals surface area (Å²) in [6.45, 7) is -3.78. The molecule has 0 radical (unpaired) electrons. The first-order valence-corrected chi connectivity index (χ1v) is 5.43. The van der Waals surface area contributed by atoms with Gasteiger partial charge in [-0.05, 0) is 12.1 Å². The molecule has 88 valence electrons. The van der Waals surface area contributed by atoms with E-state index in [0.717, 1.165) is 5.82 Å². The molecule has 1 aliphatic heterocycles. The molecule has 6 heteroatoms. The summed E-state index contributed by atoms with van der Waals surface area (Å²) in [7, 11) is 0. The van der Waals surface area contributed by atoms with Gasteiger partial charge in [-0.15, -0.1) is 0 Å². The molecule has 1 fully saturated rings. The molecule has 2 heterocycles. The van der Waals surface area contributed by atoms with Crippen LogP contribution < -0.4 is 4.90 Å². The fourth-order valence-corrected chi connectivity index (χ4v) is 2.05. The minimum absolute atomic E-state index is 0.195. The van der Waals surface area contributed by atoms with Gasteiger partial charge in [-0.1, -0.05) is 24.7 Å². The first kappa shape index (κ1) is 11.3. The molecule has 1 aliphatic rings. The average Bonchev–Trinajstić information content (AvgIpc) is 2.29. The van der Waals surface area contributed by atoms with Crippen LogP contribution >= 0.6 is 0 Å². The van der Waals surface area contributed by atoms with Gasteiger partial charge < -0.3 is 17.8 Å². The zero-order valence-corrected chi connectivity index (χ0v) is 8.82. The lowest BCUT2D eigenvalue weighted by atomic mass is 9.67. The standard InChI is InChI=1S/C10H13BF3N2/c12-11(13,14)9-4-7-16(8-5-9)10-3-1-2-6-15-10/h1-3,6,9H,4-5,7-8H2/q-1. The van der Waals surface area contributed by atoms with E-state index in [-0.39, 0.29) is 12.8 Å². The lowest BCUT2D eigenvalue weighted by Crippen LogP contribution is -2.38. The molecule has 0 spiro atoms. The van der Waals surface area contributed by atoms with Crippen LogP contribution in [0.1, 0.15) is 12.8 Å². The number of hydrogen-bond donors (Lipinski definition) is 0. The molecule has 0 atom stereocenters. The number of nitrogens with zero attached hydrogens (tertiary/aromatic N) is 2. The monoisotopic (exact) mass is 229 g/mol. The maximum absolute atomic E-state index is 12.5. The molecule has 16 heavy (non-hydrogen) atoms. The fourth-order valence-electron chi connectivity index (χ4n) is 2.05. The third-order valence-corrected chi connectivity index (χ3v) is 3.05. The SMILES string of the molecule is F[B-](F)(F)C1CCN(c2ccccn2)CC1. The van der Waals surface area contributed by atoms with Gasteiger partial charge in [0.1, 0.15) is 5.82 Å². The summed E-state index contributed by atoms with van der Waals surface area (Å²) in [6, 6.07) is 5.48. The third-order valence-electron chi connectivity index (χ3n) is 3.05. The Kier molecular flexibility index (Phi) is 3.07. The van der Waals surface area contributed by atoms with E-state index in [1.54, 1.807) is 12.3 Å². The van der Waals surface area contributed by atoms with E-state index in [1.165, 1.54) is 0 Å². The van der Waals surface area contributed by atoms with E-state index in [1.807, 2.05) is 17.0 Å². The summed E-state index contributed by atoms with van der Waals surface area (Å²) >= 11 is 0. The van der Waals surface area contributed by atoms with Gasteiger partial charge in [-0.3, -0.25) is 0 Å². The Bertz CT molecular complexity index is 334. The molecule has 2 nitrogen and oxygen atoms in total. The Labute approximate surface area is 92.5 Å². The van der Waals surface area contributed by atoms with Gasteiger partial charge in [0, 0.05) is 19.3 Å². The van der Waals surface area contributed by atoms with Gasteiger partial charge in [-0.25, -0.2) is 4.98 Å². The molecule has 0 amide bonds. The minimum atomic E-state index is -4.67. The van der Waals surface area contributed by atoms with Crippen LogP contribution in [0.3, 0.4) is 0 Å². The second kappa shape index (κ2) is 4.35. The number of hydrogen-bond acceptors (Lipinski definition) is 2. The zero-order valence-electron chi connectivity index (χ0n) is 8.82. The topological polar surface area (TPSA) is 16.1 Å². The Morgan fingerprint density at radius 3 is 2.38 bits per heavy atom. The fraction of sp³-hybridized carbons (Fsp3) is 0.500. The molecule has 1 aromatic rings. The second-order valence-corrected chi connectivity index (χ2v) is 4.14. The largest absolute Gasteiger partial charge is 0.481 e. The summed E-state index contributed by atoms with van der Waals surface area (Å²) in [6.07, 6.45) is 2.05. The summed E-state index contributed by atoms with van der Waals surface area (Å²) in [5.41, 5.74) is 0. The van der Waals surface area contributed by atoms with Crippen LogP contribution in [0.15, 0.2) is 24.4 Å². The van der Waals surface area contributed by atoms with Gasteiger partial charge in [-0.2, -0.15) is 0 Å². The number of piperidine rings is 1. The van der Waals surface area contributed by atoms with E-state index in [9.17, 15) is 12.9 Å². The predicted molar refractivity (Wildman–Crippen MR) is 58.5 cm³/mol. The Morgan fingerprint density at radius 2 is 1.88 bits per heavy atom. The number of halogens is 3. The first-order chi connectivity index (χ1) is 7.57. The van der Waals surface area contributed by atoms with Gasteiger partial charge in [0.05, 0.1) is 0 Å².